The number of nitrogens with two attached hydrogens (primary N) is 1. The fraction of sp³-hybridized carbons (Fsp3) is 0.444. The number of nitrogens with one attached hydrogen (secondary N) is 1. The third kappa shape index (κ3) is 1.97. The number of halogens is 2. The Hall–Kier alpha value is -1.25. The highest BCUT2D eigenvalue weighted by molar-refractivity contribution is 5.40. The summed E-state index contributed by atoms with van der Waals surface area (Å²) in [5, 5.41) is 8.46. The average molecular weight is 199 g/mol. The molecule has 3 nitrogen and oxygen atoms in total. The van der Waals surface area contributed by atoms with Crippen LogP contribution in [0.1, 0.15) is 13.3 Å². The monoisotopic (exact) mass is 199 g/mol. The molecule has 1 aliphatic carbocycles. The molecule has 1 unspecified atom stereocenters. The van der Waals surface area contributed by atoms with Crippen molar-refractivity contribution in [2.24, 2.45) is 11.8 Å². The lowest BCUT2D eigenvalue weighted by atomic mass is 9.89. The van der Waals surface area contributed by atoms with Crippen LogP contribution in [-0.4, -0.2) is 6.04 Å². The molecule has 3 N–H and O–H groups in total. The molecule has 0 fully saturated rings. The molecule has 0 aromatic rings. The minimum Gasteiger partial charge on any atom is -0.271 e. The van der Waals surface area contributed by atoms with E-state index in [1.807, 2.05) is 0 Å². The number of nitriles is 1. The molecule has 0 aliphatic heterocycles. The summed E-state index contributed by atoms with van der Waals surface area (Å²) in [7, 11) is 0. The van der Waals surface area contributed by atoms with Gasteiger partial charge in [-0.15, -0.1) is 0 Å². The molecule has 0 saturated carbocycles. The van der Waals surface area contributed by atoms with Crippen molar-refractivity contribution in [3.8, 4) is 6.07 Å². The van der Waals surface area contributed by atoms with Crippen LogP contribution in [0.25, 0.3) is 0 Å². The van der Waals surface area contributed by atoms with E-state index in [4.69, 9.17) is 11.1 Å². The predicted molar refractivity (Wildman–Crippen MR) is 47.8 cm³/mol. The number of nitrogens with zero attached hydrogens (tertiary/aromatic N) is 1. The Morgan fingerprint density at radius 2 is 2.36 bits per heavy atom. The maximum atomic E-state index is 13.3. The van der Waals surface area contributed by atoms with Gasteiger partial charge < -0.3 is 0 Å². The molecule has 14 heavy (non-hydrogen) atoms. The number of allylic oxidation sites excluding steroid dienone is 3. The third-order valence-corrected chi connectivity index (χ3v) is 2.31. The second-order valence-corrected chi connectivity index (χ2v) is 3.23. The Kier molecular flexibility index (Phi) is 3.33. The van der Waals surface area contributed by atoms with Gasteiger partial charge in [0.15, 0.2) is 0 Å². The van der Waals surface area contributed by atoms with Crippen LogP contribution in [0.15, 0.2) is 23.3 Å². The molecule has 0 aromatic carbocycles. The minimum absolute atomic E-state index is 0.114. The number of hydrogen-bond donors (Lipinski definition) is 2. The van der Waals surface area contributed by atoms with Crippen LogP contribution in [0.2, 0.25) is 0 Å². The van der Waals surface area contributed by atoms with Crippen molar-refractivity contribution >= 4 is 0 Å². The Balaban J connectivity index is 2.90. The van der Waals surface area contributed by atoms with Crippen molar-refractivity contribution in [3.05, 3.63) is 23.3 Å². The van der Waals surface area contributed by atoms with Crippen LogP contribution < -0.4 is 11.3 Å². The van der Waals surface area contributed by atoms with Crippen molar-refractivity contribution in [2.45, 2.75) is 19.4 Å². The largest absolute Gasteiger partial charge is 0.271 e. The number of rotatable bonds is 2. The van der Waals surface area contributed by atoms with Crippen LogP contribution in [0, 0.1) is 17.2 Å². The van der Waals surface area contributed by atoms with E-state index < -0.39 is 17.6 Å². The van der Waals surface area contributed by atoms with E-state index >= 15 is 0 Å². The third-order valence-electron chi connectivity index (χ3n) is 2.31. The van der Waals surface area contributed by atoms with Gasteiger partial charge in [0.05, 0.1) is 5.57 Å². The molecule has 0 radical (unpaired) electrons. The first kappa shape index (κ1) is 10.8. The van der Waals surface area contributed by atoms with Gasteiger partial charge in [-0.1, -0.05) is 0 Å². The lowest BCUT2D eigenvalue weighted by molar-refractivity contribution is 0.336. The van der Waals surface area contributed by atoms with E-state index in [2.05, 4.69) is 5.43 Å². The lowest BCUT2D eigenvalue weighted by Crippen LogP contribution is -2.39. The van der Waals surface area contributed by atoms with E-state index in [0.29, 0.717) is 0 Å². The van der Waals surface area contributed by atoms with Gasteiger partial charge in [0.1, 0.15) is 17.7 Å². The highest BCUT2D eigenvalue weighted by Crippen LogP contribution is 2.32. The Bertz CT molecular complexity index is 327. The Morgan fingerprint density at radius 1 is 1.71 bits per heavy atom. The SMILES string of the molecule is C[C@H](NN)C1CC(F)=C(C#N)C=C1F. The number of hydrogen-bond acceptors (Lipinski definition) is 3. The fourth-order valence-corrected chi connectivity index (χ4v) is 1.35. The zero-order valence-electron chi connectivity index (χ0n) is 7.72. The summed E-state index contributed by atoms with van der Waals surface area (Å²) < 4.78 is 26.5. The normalized spacial score (nSPS) is 24.2. The van der Waals surface area contributed by atoms with Gasteiger partial charge >= 0.3 is 0 Å². The maximum absolute atomic E-state index is 13.3. The van der Waals surface area contributed by atoms with Gasteiger partial charge in [0.25, 0.3) is 0 Å². The van der Waals surface area contributed by atoms with Crippen molar-refractivity contribution in [1.82, 2.24) is 5.43 Å². The van der Waals surface area contributed by atoms with Crippen molar-refractivity contribution in [3.63, 3.8) is 0 Å². The molecule has 76 valence electrons. The van der Waals surface area contributed by atoms with Crippen LogP contribution in [-0.2, 0) is 0 Å². The first-order chi connectivity index (χ1) is 6.60. The Morgan fingerprint density at radius 3 is 2.86 bits per heavy atom. The van der Waals surface area contributed by atoms with Gasteiger partial charge in [-0.2, -0.15) is 5.26 Å². The van der Waals surface area contributed by atoms with E-state index in [0.717, 1.165) is 6.08 Å². The second kappa shape index (κ2) is 4.31. The molecule has 0 spiro atoms. The van der Waals surface area contributed by atoms with Gasteiger partial charge in [0.2, 0.25) is 0 Å². The fourth-order valence-electron chi connectivity index (χ4n) is 1.35. The van der Waals surface area contributed by atoms with E-state index in [9.17, 15) is 8.78 Å². The van der Waals surface area contributed by atoms with Gasteiger partial charge in [-0.05, 0) is 13.0 Å². The van der Waals surface area contributed by atoms with Gasteiger partial charge in [-0.3, -0.25) is 11.3 Å². The van der Waals surface area contributed by atoms with E-state index in [1.54, 1.807) is 13.0 Å². The summed E-state index contributed by atoms with van der Waals surface area (Å²) in [6, 6.07) is 1.23. The van der Waals surface area contributed by atoms with E-state index in [1.165, 1.54) is 0 Å². The summed E-state index contributed by atoms with van der Waals surface area (Å²) in [5.41, 5.74) is 2.13. The zero-order chi connectivity index (χ0) is 10.7. The quantitative estimate of drug-likeness (QED) is 0.522. The Labute approximate surface area is 80.9 Å². The van der Waals surface area contributed by atoms with Crippen LogP contribution in [0.4, 0.5) is 8.78 Å². The summed E-state index contributed by atoms with van der Waals surface area (Å²) in [6.07, 6.45) is 0.813. The molecule has 1 rings (SSSR count). The zero-order valence-corrected chi connectivity index (χ0v) is 7.72. The van der Waals surface area contributed by atoms with E-state index in [-0.39, 0.29) is 18.0 Å². The second-order valence-electron chi connectivity index (χ2n) is 3.23. The molecule has 1 aliphatic rings. The molecular weight excluding hydrogens is 188 g/mol. The predicted octanol–water partition coefficient (Wildman–Crippen LogP) is 1.46. The lowest BCUT2D eigenvalue weighted by Gasteiger charge is -2.23. The summed E-state index contributed by atoms with van der Waals surface area (Å²) in [4.78, 5) is 0. The van der Waals surface area contributed by atoms with Crippen molar-refractivity contribution in [1.29, 1.82) is 5.26 Å². The molecule has 0 bridgehead atoms. The minimum atomic E-state index is -0.628. The molecule has 5 heteroatoms. The van der Waals surface area contributed by atoms with Crippen molar-refractivity contribution in [2.75, 3.05) is 0 Å². The van der Waals surface area contributed by atoms with Crippen LogP contribution in [0.5, 0.6) is 0 Å². The molecule has 0 amide bonds. The maximum Gasteiger partial charge on any atom is 0.118 e. The molecule has 0 saturated heterocycles. The number of hydrazine groups is 1. The molecule has 0 heterocycles. The summed E-state index contributed by atoms with van der Waals surface area (Å²) in [5.74, 6) is 3.41. The summed E-state index contributed by atoms with van der Waals surface area (Å²) >= 11 is 0. The molecular formula is C9H11F2N3. The smallest absolute Gasteiger partial charge is 0.118 e. The first-order valence-electron chi connectivity index (χ1n) is 4.22. The van der Waals surface area contributed by atoms with Gasteiger partial charge in [0, 0.05) is 18.4 Å². The van der Waals surface area contributed by atoms with Crippen molar-refractivity contribution < 1.29 is 8.78 Å². The summed E-state index contributed by atoms with van der Waals surface area (Å²) in [6.45, 7) is 1.66. The van der Waals surface area contributed by atoms with Crippen LogP contribution >= 0.6 is 0 Å². The molecule has 2 atom stereocenters. The standard InChI is InChI=1S/C9H11F2N3/c1-5(14-13)7-3-8(10)6(4-12)2-9(7)11/h2,5,7,14H,3,13H2,1H3/t5-,7?/m0/s1. The average Bonchev–Trinajstić information content (AvgIpc) is 2.19. The first-order valence-corrected chi connectivity index (χ1v) is 4.22. The van der Waals surface area contributed by atoms with Gasteiger partial charge in [-0.25, -0.2) is 8.78 Å². The molecule has 0 aromatic heterocycles. The highest BCUT2D eigenvalue weighted by Gasteiger charge is 2.28. The highest BCUT2D eigenvalue weighted by atomic mass is 19.1. The van der Waals surface area contributed by atoms with Crippen LogP contribution in [0.3, 0.4) is 0 Å². The topological polar surface area (TPSA) is 61.8 Å².